The number of amidine groups is 1. The predicted molar refractivity (Wildman–Crippen MR) is 68.6 cm³/mol. The molecule has 2 rings (SSSR count). The predicted octanol–water partition coefficient (Wildman–Crippen LogP) is 2.13. The fraction of sp³-hybridized carbons (Fsp3) is 0.538. The van der Waals surface area contributed by atoms with Gasteiger partial charge in [0.05, 0.1) is 13.0 Å². The number of esters is 1. The summed E-state index contributed by atoms with van der Waals surface area (Å²) in [4.78, 5) is 16.3. The smallest absolute Gasteiger partial charge is 0.449 e. The molecular weight excluding hydrogens is 305 g/mol. The first kappa shape index (κ1) is 16.2. The van der Waals surface area contributed by atoms with E-state index in [1.165, 1.54) is 7.11 Å². The highest BCUT2D eigenvalue weighted by atomic mass is 19.4. The molecule has 2 N–H and O–H groups in total. The fourth-order valence-electron chi connectivity index (χ4n) is 2.11. The SMILES string of the molecule is COC(=O)[C@@H]1CC[C@@H]1CO/N=C(\N)c1ccc(C(F)(F)F)o1. The van der Waals surface area contributed by atoms with Gasteiger partial charge in [-0.1, -0.05) is 5.16 Å². The molecule has 22 heavy (non-hydrogen) atoms. The van der Waals surface area contributed by atoms with Crippen LogP contribution in [0.4, 0.5) is 13.2 Å². The van der Waals surface area contributed by atoms with E-state index < -0.39 is 11.9 Å². The number of hydrogen-bond acceptors (Lipinski definition) is 5. The maximum atomic E-state index is 12.4. The molecule has 0 aliphatic heterocycles. The van der Waals surface area contributed by atoms with Gasteiger partial charge in [-0.15, -0.1) is 0 Å². The molecule has 1 saturated carbocycles. The number of methoxy groups -OCH3 is 1. The Morgan fingerprint density at radius 3 is 2.68 bits per heavy atom. The molecule has 0 spiro atoms. The Hall–Kier alpha value is -2.19. The third-order valence-electron chi connectivity index (χ3n) is 3.51. The molecule has 1 aliphatic carbocycles. The standard InChI is InChI=1S/C13H15F3N2O4/c1-20-12(19)8-3-2-7(8)6-21-18-11(17)9-4-5-10(22-9)13(14,15)16/h4-5,7-8H,2-3,6H2,1H3,(H2,17,18)/t7-,8-/m1/s1. The average Bonchev–Trinajstić information content (AvgIpc) is 2.91. The summed E-state index contributed by atoms with van der Waals surface area (Å²) in [7, 11) is 1.31. The Morgan fingerprint density at radius 2 is 2.18 bits per heavy atom. The van der Waals surface area contributed by atoms with Crippen LogP contribution in [0, 0.1) is 11.8 Å². The van der Waals surface area contributed by atoms with Crippen LogP contribution in [-0.4, -0.2) is 25.5 Å². The van der Waals surface area contributed by atoms with Crippen LogP contribution < -0.4 is 5.73 Å². The van der Waals surface area contributed by atoms with Gasteiger partial charge in [0.15, 0.2) is 5.76 Å². The van der Waals surface area contributed by atoms with Crippen LogP contribution in [0.15, 0.2) is 21.7 Å². The lowest BCUT2D eigenvalue weighted by Gasteiger charge is -2.32. The summed E-state index contributed by atoms with van der Waals surface area (Å²) >= 11 is 0. The van der Waals surface area contributed by atoms with Gasteiger partial charge < -0.3 is 19.7 Å². The number of carbonyl (C=O) groups is 1. The Kier molecular flexibility index (Phi) is 4.62. The molecule has 1 fully saturated rings. The van der Waals surface area contributed by atoms with E-state index >= 15 is 0 Å². The zero-order chi connectivity index (χ0) is 16.3. The number of oxime groups is 1. The van der Waals surface area contributed by atoms with Crippen molar-refractivity contribution in [2.75, 3.05) is 13.7 Å². The van der Waals surface area contributed by atoms with Crippen molar-refractivity contribution in [1.29, 1.82) is 0 Å². The second-order valence-electron chi connectivity index (χ2n) is 4.90. The van der Waals surface area contributed by atoms with Gasteiger partial charge in [-0.2, -0.15) is 13.2 Å². The van der Waals surface area contributed by atoms with Crippen LogP contribution in [0.5, 0.6) is 0 Å². The molecular formula is C13H15F3N2O4. The number of ether oxygens (including phenoxy) is 1. The maximum absolute atomic E-state index is 12.4. The van der Waals surface area contributed by atoms with E-state index in [0.717, 1.165) is 18.6 Å². The molecule has 6 nitrogen and oxygen atoms in total. The minimum Gasteiger partial charge on any atom is -0.469 e. The second kappa shape index (κ2) is 6.29. The first-order valence-electron chi connectivity index (χ1n) is 6.53. The van der Waals surface area contributed by atoms with Gasteiger partial charge in [0, 0.05) is 5.92 Å². The summed E-state index contributed by atoms with van der Waals surface area (Å²) in [5, 5.41) is 3.51. The summed E-state index contributed by atoms with van der Waals surface area (Å²) in [6.07, 6.45) is -3.08. The van der Waals surface area contributed by atoms with Crippen molar-refractivity contribution < 1.29 is 32.0 Å². The first-order chi connectivity index (χ1) is 10.3. The van der Waals surface area contributed by atoms with Gasteiger partial charge in [-0.05, 0) is 25.0 Å². The number of halogens is 3. The van der Waals surface area contributed by atoms with Gasteiger partial charge in [-0.3, -0.25) is 4.79 Å². The Labute approximate surface area is 124 Å². The van der Waals surface area contributed by atoms with E-state index in [2.05, 4.69) is 14.3 Å². The van der Waals surface area contributed by atoms with Crippen LogP contribution >= 0.6 is 0 Å². The van der Waals surface area contributed by atoms with E-state index in [1.807, 2.05) is 0 Å². The average molecular weight is 320 g/mol. The summed E-state index contributed by atoms with van der Waals surface area (Å²) in [5.41, 5.74) is 5.49. The normalized spacial score (nSPS) is 22.1. The molecule has 0 bridgehead atoms. The lowest BCUT2D eigenvalue weighted by molar-refractivity contribution is -0.153. The van der Waals surface area contributed by atoms with E-state index in [0.29, 0.717) is 6.42 Å². The molecule has 9 heteroatoms. The van der Waals surface area contributed by atoms with E-state index in [1.54, 1.807) is 0 Å². The van der Waals surface area contributed by atoms with Crippen molar-refractivity contribution in [3.8, 4) is 0 Å². The Bertz CT molecular complexity index is 568. The number of alkyl halides is 3. The third kappa shape index (κ3) is 3.52. The lowest BCUT2D eigenvalue weighted by Crippen LogP contribution is -2.36. The fourth-order valence-corrected chi connectivity index (χ4v) is 2.11. The number of nitrogens with zero attached hydrogens (tertiary/aromatic N) is 1. The largest absolute Gasteiger partial charge is 0.469 e. The topological polar surface area (TPSA) is 87.0 Å². The highest BCUT2D eigenvalue weighted by Crippen LogP contribution is 2.35. The minimum atomic E-state index is -4.58. The molecule has 1 heterocycles. The monoisotopic (exact) mass is 320 g/mol. The number of rotatable bonds is 5. The molecule has 0 saturated heterocycles. The molecule has 1 aromatic rings. The first-order valence-corrected chi connectivity index (χ1v) is 6.53. The molecule has 0 aromatic carbocycles. The highest BCUT2D eigenvalue weighted by molar-refractivity contribution is 5.94. The zero-order valence-corrected chi connectivity index (χ0v) is 11.7. The quantitative estimate of drug-likeness (QED) is 0.389. The number of carbonyl (C=O) groups excluding carboxylic acids is 1. The van der Waals surface area contributed by atoms with Crippen LogP contribution in [0.25, 0.3) is 0 Å². The van der Waals surface area contributed by atoms with Crippen molar-refractivity contribution >= 4 is 11.8 Å². The number of hydrogen-bond donors (Lipinski definition) is 1. The van der Waals surface area contributed by atoms with E-state index in [9.17, 15) is 18.0 Å². The van der Waals surface area contributed by atoms with Gasteiger partial charge in [0.25, 0.3) is 0 Å². The molecule has 1 aliphatic rings. The Balaban J connectivity index is 1.88. The van der Waals surface area contributed by atoms with Crippen molar-refractivity contribution in [2.45, 2.75) is 19.0 Å². The van der Waals surface area contributed by atoms with Crippen molar-refractivity contribution in [1.82, 2.24) is 0 Å². The van der Waals surface area contributed by atoms with Gasteiger partial charge in [0.2, 0.25) is 11.6 Å². The maximum Gasteiger partial charge on any atom is 0.449 e. The summed E-state index contributed by atoms with van der Waals surface area (Å²) in [5.74, 6) is -2.27. The lowest BCUT2D eigenvalue weighted by atomic mass is 9.74. The minimum absolute atomic E-state index is 0.0358. The molecule has 1 aromatic heterocycles. The van der Waals surface area contributed by atoms with Crippen LogP contribution in [0.2, 0.25) is 0 Å². The summed E-state index contributed by atoms with van der Waals surface area (Å²) in [6.45, 7) is 0.132. The van der Waals surface area contributed by atoms with E-state index in [-0.39, 0.29) is 36.0 Å². The van der Waals surface area contributed by atoms with Crippen LogP contribution in [0.1, 0.15) is 24.4 Å². The summed E-state index contributed by atoms with van der Waals surface area (Å²) in [6, 6.07) is 1.82. The molecule has 0 unspecified atom stereocenters. The molecule has 0 amide bonds. The van der Waals surface area contributed by atoms with Gasteiger partial charge in [-0.25, -0.2) is 0 Å². The number of furan rings is 1. The van der Waals surface area contributed by atoms with Gasteiger partial charge in [0.1, 0.15) is 6.61 Å². The molecule has 2 atom stereocenters. The van der Waals surface area contributed by atoms with Crippen molar-refractivity contribution in [3.05, 3.63) is 23.7 Å². The van der Waals surface area contributed by atoms with Gasteiger partial charge >= 0.3 is 12.1 Å². The van der Waals surface area contributed by atoms with Crippen molar-refractivity contribution in [2.24, 2.45) is 22.7 Å². The highest BCUT2D eigenvalue weighted by Gasteiger charge is 2.38. The molecule has 0 radical (unpaired) electrons. The Morgan fingerprint density at radius 1 is 1.45 bits per heavy atom. The number of nitrogens with two attached hydrogens (primary N) is 1. The van der Waals surface area contributed by atoms with Crippen LogP contribution in [0.3, 0.4) is 0 Å². The van der Waals surface area contributed by atoms with Crippen LogP contribution in [-0.2, 0) is 20.5 Å². The third-order valence-corrected chi connectivity index (χ3v) is 3.51. The molecule has 122 valence electrons. The second-order valence-corrected chi connectivity index (χ2v) is 4.90. The zero-order valence-electron chi connectivity index (χ0n) is 11.7. The van der Waals surface area contributed by atoms with Crippen molar-refractivity contribution in [3.63, 3.8) is 0 Å². The van der Waals surface area contributed by atoms with E-state index in [4.69, 9.17) is 10.6 Å². The summed E-state index contributed by atoms with van der Waals surface area (Å²) < 4.78 is 46.3.